The van der Waals surface area contributed by atoms with Crippen LogP contribution < -0.4 is 4.74 Å². The fourth-order valence-electron chi connectivity index (χ4n) is 2.07. The van der Waals surface area contributed by atoms with Crippen LogP contribution in [-0.2, 0) is 0 Å². The molecule has 3 aromatic rings. The zero-order valence-electron chi connectivity index (χ0n) is 10.8. The van der Waals surface area contributed by atoms with Gasteiger partial charge < -0.3 is 9.26 Å². The van der Waals surface area contributed by atoms with Crippen molar-refractivity contribution in [2.24, 2.45) is 0 Å². The van der Waals surface area contributed by atoms with Crippen LogP contribution in [0, 0.1) is 0 Å². The molecule has 0 aliphatic carbocycles. The summed E-state index contributed by atoms with van der Waals surface area (Å²) < 4.78 is 10.4. The predicted octanol–water partition coefficient (Wildman–Crippen LogP) is 3.56. The fraction of sp³-hybridized carbons (Fsp3) is 0.308. The van der Waals surface area contributed by atoms with E-state index in [0.29, 0.717) is 16.6 Å². The third kappa shape index (κ3) is 1.81. The molecule has 2 heterocycles. The first kappa shape index (κ1) is 12.2. The molecule has 5 nitrogen and oxygen atoms in total. The van der Waals surface area contributed by atoms with Crippen LogP contribution in [0.25, 0.3) is 21.9 Å². The van der Waals surface area contributed by atoms with Crippen molar-refractivity contribution in [1.82, 2.24) is 15.1 Å². The fourth-order valence-corrected chi connectivity index (χ4v) is 2.32. The lowest BCUT2D eigenvalue weighted by Crippen LogP contribution is -1.94. The monoisotopic (exact) mass is 277 g/mol. The lowest BCUT2D eigenvalue weighted by atomic mass is 10.0. The number of methoxy groups -OCH3 is 1. The van der Waals surface area contributed by atoms with Crippen LogP contribution in [0.5, 0.6) is 6.01 Å². The molecule has 0 amide bonds. The highest BCUT2D eigenvalue weighted by Crippen LogP contribution is 2.35. The molecule has 2 aromatic heterocycles. The van der Waals surface area contributed by atoms with Crippen LogP contribution >= 0.6 is 11.6 Å². The Kier molecular flexibility index (Phi) is 2.78. The second-order valence-electron chi connectivity index (χ2n) is 4.58. The van der Waals surface area contributed by atoms with Crippen LogP contribution in [0.1, 0.15) is 25.5 Å². The third-order valence-electron chi connectivity index (χ3n) is 2.98. The van der Waals surface area contributed by atoms with E-state index in [0.717, 1.165) is 22.0 Å². The normalized spacial score (nSPS) is 11.6. The van der Waals surface area contributed by atoms with Crippen molar-refractivity contribution in [3.8, 4) is 6.01 Å². The average molecular weight is 278 g/mol. The topological polar surface area (TPSA) is 61.0 Å². The summed E-state index contributed by atoms with van der Waals surface area (Å²) >= 11 is 6.21. The van der Waals surface area contributed by atoms with E-state index in [1.54, 1.807) is 12.3 Å². The number of aromatic nitrogens is 3. The van der Waals surface area contributed by atoms with E-state index < -0.39 is 0 Å². The zero-order valence-corrected chi connectivity index (χ0v) is 11.5. The van der Waals surface area contributed by atoms with Crippen molar-refractivity contribution in [1.29, 1.82) is 0 Å². The molecule has 1 aromatic carbocycles. The van der Waals surface area contributed by atoms with Crippen LogP contribution in [0.2, 0.25) is 5.02 Å². The second kappa shape index (κ2) is 4.35. The lowest BCUT2D eigenvalue weighted by Gasteiger charge is -2.04. The Morgan fingerprint density at radius 1 is 1.37 bits per heavy atom. The van der Waals surface area contributed by atoms with Gasteiger partial charge in [-0.05, 0) is 12.0 Å². The van der Waals surface area contributed by atoms with Crippen LogP contribution in [0.4, 0.5) is 0 Å². The van der Waals surface area contributed by atoms with E-state index in [9.17, 15) is 0 Å². The molecule has 0 atom stereocenters. The number of benzene rings is 1. The van der Waals surface area contributed by atoms with Gasteiger partial charge in [-0.2, -0.15) is 4.98 Å². The van der Waals surface area contributed by atoms with Crippen molar-refractivity contribution in [3.05, 3.63) is 23.0 Å². The van der Waals surface area contributed by atoms with Gasteiger partial charge in [0.25, 0.3) is 0 Å². The van der Waals surface area contributed by atoms with Gasteiger partial charge in [0.05, 0.1) is 28.7 Å². The van der Waals surface area contributed by atoms with E-state index in [1.165, 1.54) is 7.11 Å². The Bertz CT molecular complexity index is 767. The van der Waals surface area contributed by atoms with Gasteiger partial charge in [0, 0.05) is 11.6 Å². The van der Waals surface area contributed by atoms with Crippen molar-refractivity contribution in [2.45, 2.75) is 19.8 Å². The molecule has 0 radical (unpaired) electrons. The average Bonchev–Trinajstić information content (AvgIpc) is 2.84. The van der Waals surface area contributed by atoms with Gasteiger partial charge >= 0.3 is 6.01 Å². The third-order valence-corrected chi connectivity index (χ3v) is 3.26. The van der Waals surface area contributed by atoms with Crippen molar-refractivity contribution in [3.63, 3.8) is 0 Å². The largest absolute Gasteiger partial charge is 0.467 e. The molecule has 3 rings (SSSR count). The Balaban J connectivity index is 2.49. The van der Waals surface area contributed by atoms with Crippen LogP contribution in [0.15, 0.2) is 16.8 Å². The maximum absolute atomic E-state index is 6.21. The molecule has 0 saturated heterocycles. The SMILES string of the molecule is COc1ncc2cc(Cl)c3onc(C(C)C)c3c2n1. The van der Waals surface area contributed by atoms with E-state index in [2.05, 4.69) is 15.1 Å². The van der Waals surface area contributed by atoms with Gasteiger partial charge in [0.1, 0.15) is 0 Å². The first-order chi connectivity index (χ1) is 9.11. The highest BCUT2D eigenvalue weighted by molar-refractivity contribution is 6.36. The molecule has 0 N–H and O–H groups in total. The number of hydrogen-bond acceptors (Lipinski definition) is 5. The van der Waals surface area contributed by atoms with Gasteiger partial charge in [-0.25, -0.2) is 4.98 Å². The van der Waals surface area contributed by atoms with Gasteiger partial charge in [-0.1, -0.05) is 30.6 Å². The maximum atomic E-state index is 6.21. The Labute approximate surface area is 114 Å². The van der Waals surface area contributed by atoms with Gasteiger partial charge in [-0.15, -0.1) is 0 Å². The first-order valence-corrected chi connectivity index (χ1v) is 6.28. The van der Waals surface area contributed by atoms with Crippen molar-refractivity contribution in [2.75, 3.05) is 7.11 Å². The molecule has 6 heteroatoms. The highest BCUT2D eigenvalue weighted by Gasteiger charge is 2.19. The first-order valence-electron chi connectivity index (χ1n) is 5.90. The minimum atomic E-state index is 0.212. The number of rotatable bonds is 2. The van der Waals surface area contributed by atoms with Crippen molar-refractivity contribution >= 4 is 33.5 Å². The molecule has 19 heavy (non-hydrogen) atoms. The quantitative estimate of drug-likeness (QED) is 0.717. The second-order valence-corrected chi connectivity index (χ2v) is 4.99. The highest BCUT2D eigenvalue weighted by atomic mass is 35.5. The van der Waals surface area contributed by atoms with Gasteiger partial charge in [-0.3, -0.25) is 0 Å². The molecule has 0 spiro atoms. The minimum absolute atomic E-state index is 0.212. The molecule has 0 bridgehead atoms. The van der Waals surface area contributed by atoms with Crippen LogP contribution in [-0.4, -0.2) is 22.2 Å². The van der Waals surface area contributed by atoms with E-state index in [4.69, 9.17) is 20.9 Å². The summed E-state index contributed by atoms with van der Waals surface area (Å²) in [4.78, 5) is 8.48. The number of fused-ring (bicyclic) bond motifs is 3. The number of ether oxygens (including phenoxy) is 1. The zero-order chi connectivity index (χ0) is 13.6. The number of hydrogen-bond donors (Lipinski definition) is 0. The Morgan fingerprint density at radius 3 is 2.84 bits per heavy atom. The molecule has 0 aliphatic heterocycles. The summed E-state index contributed by atoms with van der Waals surface area (Å²) in [5, 5.41) is 6.28. The minimum Gasteiger partial charge on any atom is -0.467 e. The molecule has 98 valence electrons. The van der Waals surface area contributed by atoms with E-state index in [-0.39, 0.29) is 5.92 Å². The summed E-state index contributed by atoms with van der Waals surface area (Å²) in [6.45, 7) is 4.09. The molecule has 0 aliphatic rings. The standard InChI is InChI=1S/C13H12ClN3O2/c1-6(2)10-9-11-7(5-15-13(16-11)18-3)4-8(14)12(9)19-17-10/h4-6H,1-3H3. The van der Waals surface area contributed by atoms with E-state index >= 15 is 0 Å². The van der Waals surface area contributed by atoms with Gasteiger partial charge in [0.15, 0.2) is 5.58 Å². The lowest BCUT2D eigenvalue weighted by molar-refractivity contribution is 0.382. The molecule has 0 unspecified atom stereocenters. The number of nitrogens with zero attached hydrogens (tertiary/aromatic N) is 3. The summed E-state index contributed by atoms with van der Waals surface area (Å²) in [6.07, 6.45) is 1.68. The summed E-state index contributed by atoms with van der Waals surface area (Å²) in [7, 11) is 1.53. The van der Waals surface area contributed by atoms with Crippen LogP contribution in [0.3, 0.4) is 0 Å². The number of halogens is 1. The van der Waals surface area contributed by atoms with Gasteiger partial charge in [0.2, 0.25) is 0 Å². The molecule has 0 saturated carbocycles. The molecular weight excluding hydrogens is 266 g/mol. The smallest absolute Gasteiger partial charge is 0.316 e. The Hall–Kier alpha value is -1.88. The van der Waals surface area contributed by atoms with E-state index in [1.807, 2.05) is 13.8 Å². The predicted molar refractivity (Wildman–Crippen MR) is 72.8 cm³/mol. The molecular formula is C13H12ClN3O2. The Morgan fingerprint density at radius 2 is 2.16 bits per heavy atom. The maximum Gasteiger partial charge on any atom is 0.316 e. The summed E-state index contributed by atoms with van der Waals surface area (Å²) in [5.41, 5.74) is 2.14. The van der Waals surface area contributed by atoms with Crippen molar-refractivity contribution < 1.29 is 9.26 Å². The summed E-state index contributed by atoms with van der Waals surface area (Å²) in [6, 6.07) is 2.08. The molecule has 0 fully saturated rings. The summed E-state index contributed by atoms with van der Waals surface area (Å²) in [5.74, 6) is 0.212.